The summed E-state index contributed by atoms with van der Waals surface area (Å²) in [7, 11) is -6.54. The number of aldehydes is 1. The Bertz CT molecular complexity index is 1490. The molecular formula is C47H89NO5SSi3. The first-order chi connectivity index (χ1) is 25.6. The lowest BCUT2D eigenvalue weighted by atomic mass is 9.71. The molecule has 1 aromatic heterocycles. The highest BCUT2D eigenvalue weighted by atomic mass is 32.1. The average Bonchev–Trinajstić information content (AvgIpc) is 3.46. The number of rotatable bonds is 23. The van der Waals surface area contributed by atoms with E-state index in [1.807, 2.05) is 13.8 Å². The molecular weight excluding hydrogens is 775 g/mol. The van der Waals surface area contributed by atoms with Crippen LogP contribution in [0.4, 0.5) is 0 Å². The predicted octanol–water partition coefficient (Wildman–Crippen LogP) is 14.8. The Balaban J connectivity index is 3.46. The zero-order valence-corrected chi connectivity index (χ0v) is 44.9. The molecule has 57 heavy (non-hydrogen) atoms. The Morgan fingerprint density at radius 3 is 1.77 bits per heavy atom. The molecule has 0 amide bonds. The van der Waals surface area contributed by atoms with Crippen molar-refractivity contribution in [2.75, 3.05) is 0 Å². The second kappa shape index (κ2) is 21.2. The van der Waals surface area contributed by atoms with Gasteiger partial charge in [0.25, 0.3) is 0 Å². The van der Waals surface area contributed by atoms with E-state index >= 15 is 4.79 Å². The number of thiazole rings is 1. The Morgan fingerprint density at radius 1 is 0.807 bits per heavy atom. The molecule has 0 N–H and O–H groups in total. The van der Waals surface area contributed by atoms with Gasteiger partial charge in [0.2, 0.25) is 0 Å². The molecule has 10 heteroatoms. The highest BCUT2D eigenvalue weighted by Crippen LogP contribution is 2.45. The molecule has 0 aliphatic rings. The van der Waals surface area contributed by atoms with E-state index in [4.69, 9.17) is 18.3 Å². The van der Waals surface area contributed by atoms with Crippen LogP contribution in [0.2, 0.25) is 54.4 Å². The molecule has 0 aliphatic carbocycles. The minimum Gasteiger partial charge on any atom is -0.413 e. The molecule has 1 heterocycles. The van der Waals surface area contributed by atoms with Crippen molar-refractivity contribution in [1.82, 2.24) is 4.98 Å². The number of hydrogen-bond acceptors (Lipinski definition) is 7. The minimum atomic E-state index is -2.27. The van der Waals surface area contributed by atoms with Crippen LogP contribution >= 0.6 is 11.3 Å². The number of allylic oxidation sites excluding steroid dienone is 1. The number of carbonyl (C=O) groups excluding carboxylic acids is 2. The lowest BCUT2D eigenvalue weighted by Gasteiger charge is -2.47. The maximum absolute atomic E-state index is 15.1. The molecule has 6 nitrogen and oxygen atoms in total. The van der Waals surface area contributed by atoms with E-state index in [1.165, 1.54) is 11.1 Å². The number of aryl methyl sites for hydroxylation is 1. The summed E-state index contributed by atoms with van der Waals surface area (Å²) in [5.41, 5.74) is 2.74. The molecule has 0 aliphatic heterocycles. The topological polar surface area (TPSA) is 74.7 Å². The van der Waals surface area contributed by atoms with Crippen LogP contribution < -0.4 is 0 Å². The first kappa shape index (κ1) is 54.0. The standard InChI is InChI=1S/C47H89NO5SSi3/c1-23-25-39(43(50)47(15,16)41(30-31-49)52-56(19,20)45(9,10)11)42(53-57(21,22)46(12,13)14)35(3)27-24-26-34(2)28-29-40(51-55(17,18)44(6,7)8)36(4)32-38-33-54-37(5)48-38/h28,31-33,35,39-42H,23-27,29-30H2,1-22H3/b34-28-,36-32+/t35-,39+,40-,41-,42-/m0/s1. The zero-order valence-electron chi connectivity index (χ0n) is 41.0. The van der Waals surface area contributed by atoms with Crippen LogP contribution in [0.3, 0.4) is 0 Å². The third kappa shape index (κ3) is 15.8. The molecule has 0 fully saturated rings. The highest BCUT2D eigenvalue weighted by molar-refractivity contribution is 7.09. The van der Waals surface area contributed by atoms with E-state index in [9.17, 15) is 4.79 Å². The summed E-state index contributed by atoms with van der Waals surface area (Å²) in [6.07, 6.45) is 10.5. The van der Waals surface area contributed by atoms with Crippen LogP contribution in [0, 0.1) is 24.2 Å². The van der Waals surface area contributed by atoms with Gasteiger partial charge >= 0.3 is 0 Å². The van der Waals surface area contributed by atoms with Gasteiger partial charge in [-0.2, -0.15) is 0 Å². The van der Waals surface area contributed by atoms with Crippen molar-refractivity contribution in [1.29, 1.82) is 0 Å². The van der Waals surface area contributed by atoms with Crippen LogP contribution in [0.15, 0.2) is 22.6 Å². The Hall–Kier alpha value is -1.02. The van der Waals surface area contributed by atoms with E-state index < -0.39 is 36.5 Å². The SMILES string of the molecule is CCC[C@@H](C(=O)C(C)(C)[C@H](CC=O)O[Si](C)(C)C(C)(C)C)[C@@H](O[Si](C)(C)C(C)(C)C)[C@@H](C)CCC/C(C)=C\C[C@H](O[Si](C)(C)C(C)(C)C)/C(C)=C/c1csc(C)n1. The lowest BCUT2D eigenvalue weighted by Crippen LogP contribution is -2.54. The summed E-state index contributed by atoms with van der Waals surface area (Å²) in [6.45, 7) is 49.0. The summed E-state index contributed by atoms with van der Waals surface area (Å²) < 4.78 is 21.3. The van der Waals surface area contributed by atoms with Gasteiger partial charge in [0.05, 0.1) is 29.0 Å². The molecule has 5 atom stereocenters. The molecule has 1 rings (SSSR count). The van der Waals surface area contributed by atoms with Crippen LogP contribution in [0.1, 0.15) is 160 Å². The quantitative estimate of drug-likeness (QED) is 0.0620. The summed E-state index contributed by atoms with van der Waals surface area (Å²) in [5, 5.41) is 3.27. The van der Waals surface area contributed by atoms with Gasteiger partial charge in [0.1, 0.15) is 12.1 Å². The van der Waals surface area contributed by atoms with E-state index in [-0.39, 0.29) is 51.4 Å². The maximum atomic E-state index is 15.1. The smallest absolute Gasteiger partial charge is 0.192 e. The lowest BCUT2D eigenvalue weighted by molar-refractivity contribution is -0.142. The molecule has 0 saturated heterocycles. The van der Waals surface area contributed by atoms with Crippen molar-refractivity contribution in [2.24, 2.45) is 17.3 Å². The number of nitrogens with zero attached hydrogens (tertiary/aromatic N) is 1. The van der Waals surface area contributed by atoms with Gasteiger partial charge in [-0.25, -0.2) is 4.98 Å². The van der Waals surface area contributed by atoms with Crippen LogP contribution in [-0.2, 0) is 22.9 Å². The molecule has 0 bridgehead atoms. The summed E-state index contributed by atoms with van der Waals surface area (Å²) in [4.78, 5) is 31.9. The largest absolute Gasteiger partial charge is 0.413 e. The maximum Gasteiger partial charge on any atom is 0.192 e. The number of hydrogen-bond donors (Lipinski definition) is 0. The normalized spacial score (nSPS) is 17.3. The second-order valence-corrected chi connectivity index (χ2v) is 37.6. The van der Waals surface area contributed by atoms with Gasteiger partial charge in [-0.3, -0.25) is 4.79 Å². The molecule has 0 radical (unpaired) electrons. The minimum absolute atomic E-state index is 0.000950. The van der Waals surface area contributed by atoms with Crippen molar-refractivity contribution in [2.45, 2.75) is 228 Å². The Morgan fingerprint density at radius 2 is 1.32 bits per heavy atom. The summed E-state index contributed by atoms with van der Waals surface area (Å²) >= 11 is 1.68. The molecule has 330 valence electrons. The van der Waals surface area contributed by atoms with Crippen molar-refractivity contribution in [3.63, 3.8) is 0 Å². The van der Waals surface area contributed by atoms with Gasteiger partial charge in [0, 0.05) is 23.1 Å². The first-order valence-electron chi connectivity index (χ1n) is 21.9. The van der Waals surface area contributed by atoms with Crippen molar-refractivity contribution >= 4 is 54.4 Å². The molecule has 0 saturated carbocycles. The Labute approximate surface area is 359 Å². The number of aromatic nitrogens is 1. The van der Waals surface area contributed by atoms with E-state index in [1.54, 1.807) is 11.3 Å². The summed E-state index contributed by atoms with van der Waals surface area (Å²) in [6, 6.07) is 0. The predicted molar refractivity (Wildman–Crippen MR) is 256 cm³/mol. The van der Waals surface area contributed by atoms with Crippen LogP contribution in [0.25, 0.3) is 6.08 Å². The average molecular weight is 865 g/mol. The van der Waals surface area contributed by atoms with Crippen LogP contribution in [-0.4, -0.2) is 60.3 Å². The van der Waals surface area contributed by atoms with Gasteiger partial charge in [-0.1, -0.05) is 108 Å². The van der Waals surface area contributed by atoms with Gasteiger partial charge < -0.3 is 18.1 Å². The number of ketones is 1. The highest BCUT2D eigenvalue weighted by Gasteiger charge is 2.50. The molecule has 0 aromatic carbocycles. The number of Topliss-reactive ketones (excluding diaryl/α,β-unsaturated/α-hetero) is 1. The van der Waals surface area contributed by atoms with E-state index in [0.29, 0.717) is 0 Å². The fourth-order valence-electron chi connectivity index (χ4n) is 6.52. The van der Waals surface area contributed by atoms with Gasteiger partial charge in [-0.15, -0.1) is 11.3 Å². The second-order valence-electron chi connectivity index (χ2n) is 22.3. The van der Waals surface area contributed by atoms with Gasteiger partial charge in [0.15, 0.2) is 25.0 Å². The van der Waals surface area contributed by atoms with E-state index in [0.717, 1.165) is 55.5 Å². The molecule has 0 unspecified atom stereocenters. The fourth-order valence-corrected chi connectivity index (χ4v) is 11.3. The zero-order chi connectivity index (χ0) is 44.6. The third-order valence-corrected chi connectivity index (χ3v) is 28.0. The molecule has 1 aromatic rings. The van der Waals surface area contributed by atoms with E-state index in [2.05, 4.69) is 154 Å². The molecule has 0 spiro atoms. The van der Waals surface area contributed by atoms with Crippen molar-refractivity contribution < 1.29 is 22.9 Å². The van der Waals surface area contributed by atoms with Crippen molar-refractivity contribution in [3.8, 4) is 0 Å². The summed E-state index contributed by atoms with van der Waals surface area (Å²) in [5.74, 6) is 0.0634. The Kier molecular flexibility index (Phi) is 20.1. The monoisotopic (exact) mass is 864 g/mol. The fraction of sp³-hybridized carbons (Fsp3) is 0.809. The first-order valence-corrected chi connectivity index (χ1v) is 31.5. The number of carbonyl (C=O) groups is 2. The third-order valence-electron chi connectivity index (χ3n) is 13.8. The van der Waals surface area contributed by atoms with Crippen LogP contribution in [0.5, 0.6) is 0 Å². The van der Waals surface area contributed by atoms with Gasteiger partial charge in [-0.05, 0) is 125 Å². The van der Waals surface area contributed by atoms with Crippen molar-refractivity contribution in [3.05, 3.63) is 33.3 Å².